The van der Waals surface area contributed by atoms with Crippen LogP contribution < -0.4 is 18.9 Å². The van der Waals surface area contributed by atoms with Crippen LogP contribution in [0.3, 0.4) is 0 Å². The maximum atomic E-state index is 11.6. The second-order valence-electron chi connectivity index (χ2n) is 3.24. The Labute approximate surface area is 103 Å². The van der Waals surface area contributed by atoms with E-state index in [1.54, 1.807) is 36.4 Å². The summed E-state index contributed by atoms with van der Waals surface area (Å²) in [6.45, 7) is 3.72. The van der Waals surface area contributed by atoms with Gasteiger partial charge in [0.15, 0.2) is 0 Å². The van der Waals surface area contributed by atoms with Crippen molar-refractivity contribution in [3.05, 3.63) is 47.7 Å². The van der Waals surface area contributed by atoms with Crippen LogP contribution in [0.5, 0.6) is 0 Å². The van der Waals surface area contributed by atoms with Gasteiger partial charge >= 0.3 is 18.9 Å². The molecule has 0 atom stereocenters. The van der Waals surface area contributed by atoms with Gasteiger partial charge in [-0.15, -0.1) is 19.6 Å². The average Bonchev–Trinajstić information content (AvgIpc) is 2.16. The largest absolute Gasteiger partial charge is 1.00 e. The summed E-state index contributed by atoms with van der Waals surface area (Å²) in [4.78, 5) is 0.331. The molecule has 15 heavy (non-hydrogen) atoms. The number of sulfone groups is 1. The van der Waals surface area contributed by atoms with Crippen molar-refractivity contribution >= 4 is 9.84 Å². The molecule has 0 fully saturated rings. The molecule has 0 aromatic heterocycles. The fourth-order valence-corrected chi connectivity index (χ4v) is 2.06. The Balaban J connectivity index is 0.00000196. The number of rotatable bonds is 3. The van der Waals surface area contributed by atoms with E-state index in [0.29, 0.717) is 4.90 Å². The first-order chi connectivity index (χ1) is 6.52. The Morgan fingerprint density at radius 2 is 1.73 bits per heavy atom. The van der Waals surface area contributed by atoms with Gasteiger partial charge < -0.3 is 0 Å². The number of hydrogen-bond acceptors (Lipinski definition) is 2. The fourth-order valence-electron chi connectivity index (χ4n) is 0.914. The molecule has 0 radical (unpaired) electrons. The van der Waals surface area contributed by atoms with Crippen LogP contribution >= 0.6 is 0 Å². The first-order valence-electron chi connectivity index (χ1n) is 4.31. The standard InChI is InChI=1S/C11H13O2S.Li/c1-10(2)8-9-14(12,13)11-6-4-3-5-7-11;/h3-9H,1-2H3;/q-1;+1. The Kier molecular flexibility index (Phi) is 5.82. The molecule has 4 heteroatoms. The fraction of sp³-hybridized carbons (Fsp3) is 0.182. The summed E-state index contributed by atoms with van der Waals surface area (Å²) in [7, 11) is -3.26. The van der Waals surface area contributed by atoms with Gasteiger partial charge in [0.1, 0.15) is 9.84 Å². The Morgan fingerprint density at radius 1 is 1.20 bits per heavy atom. The third-order valence-corrected chi connectivity index (χ3v) is 3.08. The van der Waals surface area contributed by atoms with E-state index >= 15 is 0 Å². The maximum Gasteiger partial charge on any atom is 1.00 e. The molecule has 0 N–H and O–H groups in total. The van der Waals surface area contributed by atoms with Gasteiger partial charge in [-0.3, -0.25) is 0 Å². The van der Waals surface area contributed by atoms with Crippen LogP contribution in [0.1, 0.15) is 13.8 Å². The molecular weight excluding hydrogens is 203 g/mol. The molecule has 0 aliphatic rings. The van der Waals surface area contributed by atoms with Gasteiger partial charge in [0, 0.05) is 0 Å². The van der Waals surface area contributed by atoms with Crippen molar-refractivity contribution in [2.24, 2.45) is 0 Å². The summed E-state index contributed by atoms with van der Waals surface area (Å²) in [6, 6.07) is 8.39. The number of allylic oxidation sites excluding steroid dienone is 1. The van der Waals surface area contributed by atoms with Gasteiger partial charge in [0.05, 0.1) is 4.90 Å². The van der Waals surface area contributed by atoms with Gasteiger partial charge in [-0.1, -0.05) is 18.2 Å². The van der Waals surface area contributed by atoms with Crippen molar-refractivity contribution in [2.75, 3.05) is 0 Å². The van der Waals surface area contributed by atoms with Crippen molar-refractivity contribution in [2.45, 2.75) is 18.7 Å². The maximum absolute atomic E-state index is 11.6. The van der Waals surface area contributed by atoms with E-state index in [4.69, 9.17) is 0 Å². The number of benzene rings is 1. The van der Waals surface area contributed by atoms with E-state index < -0.39 is 9.84 Å². The molecule has 1 aromatic rings. The molecule has 0 heterocycles. The molecule has 0 saturated carbocycles. The third kappa shape index (κ3) is 4.61. The third-order valence-electron chi connectivity index (χ3n) is 1.65. The molecule has 0 aliphatic carbocycles. The van der Waals surface area contributed by atoms with Crippen molar-refractivity contribution in [3.63, 3.8) is 0 Å². The molecule has 0 spiro atoms. The van der Waals surface area contributed by atoms with Crippen molar-refractivity contribution in [1.82, 2.24) is 0 Å². The predicted octanol–water partition coefficient (Wildman–Crippen LogP) is -0.408. The van der Waals surface area contributed by atoms with E-state index in [1.165, 1.54) is 5.75 Å². The van der Waals surface area contributed by atoms with E-state index in [0.717, 1.165) is 5.57 Å². The van der Waals surface area contributed by atoms with Gasteiger partial charge in [-0.05, 0) is 12.1 Å². The van der Waals surface area contributed by atoms with Gasteiger partial charge in [-0.25, -0.2) is 20.1 Å². The van der Waals surface area contributed by atoms with Crippen LogP contribution in [0.2, 0.25) is 0 Å². The minimum absolute atomic E-state index is 0. The molecule has 0 saturated heterocycles. The van der Waals surface area contributed by atoms with E-state index in [-0.39, 0.29) is 18.9 Å². The quantitative estimate of drug-likeness (QED) is 0.508. The van der Waals surface area contributed by atoms with Crippen LogP contribution in [0.4, 0.5) is 0 Å². The van der Waals surface area contributed by atoms with Crippen LogP contribution in [-0.4, -0.2) is 8.42 Å². The zero-order valence-corrected chi connectivity index (χ0v) is 10.1. The molecule has 0 aliphatic heterocycles. The molecular formula is C11H13LiO2S. The van der Waals surface area contributed by atoms with Crippen molar-refractivity contribution < 1.29 is 27.3 Å². The molecule has 76 valence electrons. The summed E-state index contributed by atoms with van der Waals surface area (Å²) in [6.07, 6.45) is 1.60. The van der Waals surface area contributed by atoms with Crippen LogP contribution in [-0.2, 0) is 9.84 Å². The minimum Gasteiger partial charge on any atom is -0.238 e. The molecule has 0 bridgehead atoms. The van der Waals surface area contributed by atoms with Crippen molar-refractivity contribution in [1.29, 1.82) is 0 Å². The van der Waals surface area contributed by atoms with Gasteiger partial charge in [0.2, 0.25) is 0 Å². The first-order valence-corrected chi connectivity index (χ1v) is 5.85. The normalized spacial score (nSPS) is 10.0. The summed E-state index contributed by atoms with van der Waals surface area (Å²) in [5.41, 5.74) is 0.963. The SMILES string of the molecule is CC(C)=C[CH-]S(=O)(=O)c1ccccc1.[Li+]. The Hall–Kier alpha value is -0.623. The van der Waals surface area contributed by atoms with Crippen LogP contribution in [0, 0.1) is 5.75 Å². The van der Waals surface area contributed by atoms with Gasteiger partial charge in [0.25, 0.3) is 0 Å². The van der Waals surface area contributed by atoms with Crippen LogP contribution in [0.25, 0.3) is 0 Å². The van der Waals surface area contributed by atoms with Crippen LogP contribution in [0.15, 0.2) is 46.9 Å². The average molecular weight is 216 g/mol. The molecule has 0 amide bonds. The number of hydrogen-bond donors (Lipinski definition) is 0. The van der Waals surface area contributed by atoms with E-state index in [9.17, 15) is 8.42 Å². The summed E-state index contributed by atoms with van der Waals surface area (Å²) in [5.74, 6) is 1.23. The molecule has 0 unspecified atom stereocenters. The Bertz CT molecular complexity index is 417. The summed E-state index contributed by atoms with van der Waals surface area (Å²) < 4.78 is 23.3. The molecule has 1 aromatic carbocycles. The zero-order valence-electron chi connectivity index (χ0n) is 9.27. The monoisotopic (exact) mass is 216 g/mol. The zero-order chi connectivity index (χ0) is 10.6. The second kappa shape index (κ2) is 6.07. The van der Waals surface area contributed by atoms with E-state index in [1.807, 2.05) is 13.8 Å². The van der Waals surface area contributed by atoms with E-state index in [2.05, 4.69) is 0 Å². The van der Waals surface area contributed by atoms with Gasteiger partial charge in [-0.2, -0.15) is 0 Å². The first kappa shape index (κ1) is 14.4. The summed E-state index contributed by atoms with van der Waals surface area (Å²) in [5, 5.41) is 0. The predicted molar refractivity (Wildman–Crippen MR) is 57.4 cm³/mol. The smallest absolute Gasteiger partial charge is 0.238 e. The summed E-state index contributed by atoms with van der Waals surface area (Å²) >= 11 is 0. The Morgan fingerprint density at radius 3 is 2.20 bits per heavy atom. The topological polar surface area (TPSA) is 34.1 Å². The molecule has 2 nitrogen and oxygen atoms in total. The second-order valence-corrected chi connectivity index (χ2v) is 5.07. The van der Waals surface area contributed by atoms with Crippen molar-refractivity contribution in [3.8, 4) is 0 Å². The minimum atomic E-state index is -3.26. The molecule has 1 rings (SSSR count).